The Bertz CT molecular complexity index is 1010. The third kappa shape index (κ3) is 2.65. The van der Waals surface area contributed by atoms with E-state index < -0.39 is 0 Å². The van der Waals surface area contributed by atoms with E-state index in [0.29, 0.717) is 11.3 Å². The van der Waals surface area contributed by atoms with E-state index in [9.17, 15) is 9.59 Å². The number of pyridine rings is 1. The molecular formula is C19H15BrN2O2. The van der Waals surface area contributed by atoms with Gasteiger partial charge in [0.25, 0.3) is 11.5 Å². The van der Waals surface area contributed by atoms with E-state index in [-0.39, 0.29) is 11.5 Å². The summed E-state index contributed by atoms with van der Waals surface area (Å²) < 4.78 is 0.927. The molecule has 4 rings (SSSR count). The smallest absolute Gasteiger partial charge is 0.255 e. The van der Waals surface area contributed by atoms with Crippen LogP contribution in [-0.2, 0) is 12.8 Å². The SMILES string of the molecule is O=C(Nc1ccc2c3c(c(=O)[nH]c2c1)CCC3)c1ccc(Br)cc1. The molecule has 24 heavy (non-hydrogen) atoms. The molecule has 2 aromatic carbocycles. The number of aromatic nitrogens is 1. The topological polar surface area (TPSA) is 62.0 Å². The zero-order valence-electron chi connectivity index (χ0n) is 12.9. The first-order valence-corrected chi connectivity index (χ1v) is 8.66. The van der Waals surface area contributed by atoms with Crippen molar-refractivity contribution in [3.05, 3.63) is 74.0 Å². The molecule has 1 aliphatic rings. The number of hydrogen-bond acceptors (Lipinski definition) is 2. The predicted molar refractivity (Wildman–Crippen MR) is 98.7 cm³/mol. The summed E-state index contributed by atoms with van der Waals surface area (Å²) in [4.78, 5) is 27.4. The van der Waals surface area contributed by atoms with Crippen LogP contribution in [0.15, 0.2) is 51.7 Å². The number of aryl methyl sites for hydroxylation is 1. The third-order valence-corrected chi connectivity index (χ3v) is 4.98. The minimum atomic E-state index is -0.176. The first-order valence-electron chi connectivity index (χ1n) is 7.86. The van der Waals surface area contributed by atoms with E-state index in [1.165, 1.54) is 0 Å². The summed E-state index contributed by atoms with van der Waals surface area (Å²) in [5, 5.41) is 3.95. The molecule has 5 heteroatoms. The van der Waals surface area contributed by atoms with Crippen molar-refractivity contribution in [2.75, 3.05) is 5.32 Å². The van der Waals surface area contributed by atoms with Gasteiger partial charge in [-0.15, -0.1) is 0 Å². The van der Waals surface area contributed by atoms with Crippen molar-refractivity contribution >= 4 is 38.4 Å². The molecule has 0 saturated carbocycles. The first kappa shape index (κ1) is 15.1. The summed E-state index contributed by atoms with van der Waals surface area (Å²) in [5.74, 6) is -0.176. The lowest BCUT2D eigenvalue weighted by Crippen LogP contribution is -2.14. The van der Waals surface area contributed by atoms with E-state index in [2.05, 4.69) is 26.2 Å². The molecule has 2 N–H and O–H groups in total. The molecule has 3 aromatic rings. The molecule has 0 atom stereocenters. The van der Waals surface area contributed by atoms with E-state index in [1.54, 1.807) is 12.1 Å². The van der Waals surface area contributed by atoms with Gasteiger partial charge < -0.3 is 10.3 Å². The standard InChI is InChI=1S/C19H15BrN2O2/c20-12-6-4-11(5-7-12)18(23)21-13-8-9-15-14-2-1-3-16(14)19(24)22-17(15)10-13/h4-10H,1-3H2,(H,21,23)(H,22,24). The van der Waals surface area contributed by atoms with Gasteiger partial charge in [0.05, 0.1) is 5.52 Å². The zero-order valence-corrected chi connectivity index (χ0v) is 14.4. The molecule has 4 nitrogen and oxygen atoms in total. The molecule has 0 fully saturated rings. The first-order chi connectivity index (χ1) is 11.6. The van der Waals surface area contributed by atoms with E-state index in [1.807, 2.05) is 30.3 Å². The van der Waals surface area contributed by atoms with Crippen molar-refractivity contribution < 1.29 is 4.79 Å². The van der Waals surface area contributed by atoms with Gasteiger partial charge in [-0.05, 0) is 61.2 Å². The Morgan fingerprint density at radius 2 is 1.79 bits per heavy atom. The van der Waals surface area contributed by atoms with E-state index in [0.717, 1.165) is 45.8 Å². The Kier molecular flexibility index (Phi) is 3.73. The van der Waals surface area contributed by atoms with Gasteiger partial charge in [0.1, 0.15) is 0 Å². The van der Waals surface area contributed by atoms with Gasteiger partial charge in [0, 0.05) is 26.7 Å². The molecule has 0 radical (unpaired) electrons. The van der Waals surface area contributed by atoms with Crippen molar-refractivity contribution in [2.24, 2.45) is 0 Å². The Balaban J connectivity index is 1.68. The Hall–Kier alpha value is -2.40. The number of aromatic amines is 1. The molecule has 0 spiro atoms. The van der Waals surface area contributed by atoms with Crippen LogP contribution in [0.25, 0.3) is 10.9 Å². The van der Waals surface area contributed by atoms with Crippen LogP contribution in [0, 0.1) is 0 Å². The summed E-state index contributed by atoms with van der Waals surface area (Å²) in [6, 6.07) is 12.9. The quantitative estimate of drug-likeness (QED) is 0.702. The number of carbonyl (C=O) groups excluding carboxylic acids is 1. The van der Waals surface area contributed by atoms with Crippen molar-refractivity contribution in [3.63, 3.8) is 0 Å². The minimum absolute atomic E-state index is 0.00798. The lowest BCUT2D eigenvalue weighted by molar-refractivity contribution is 0.102. The molecule has 0 saturated heterocycles. The van der Waals surface area contributed by atoms with Gasteiger partial charge in [-0.3, -0.25) is 9.59 Å². The lowest BCUT2D eigenvalue weighted by atomic mass is 10.1. The number of amides is 1. The monoisotopic (exact) mass is 382 g/mol. The average molecular weight is 383 g/mol. The Morgan fingerprint density at radius 1 is 1.04 bits per heavy atom. The Labute approximate surface area is 147 Å². The number of H-pyrrole nitrogens is 1. The van der Waals surface area contributed by atoms with Crippen molar-refractivity contribution in [1.82, 2.24) is 4.98 Å². The molecule has 1 aliphatic carbocycles. The second-order valence-electron chi connectivity index (χ2n) is 5.99. The molecular weight excluding hydrogens is 368 g/mol. The van der Waals surface area contributed by atoms with E-state index >= 15 is 0 Å². The number of rotatable bonds is 2. The molecule has 1 amide bonds. The Morgan fingerprint density at radius 3 is 2.58 bits per heavy atom. The number of nitrogens with one attached hydrogen (secondary N) is 2. The zero-order chi connectivity index (χ0) is 16.7. The van der Waals surface area contributed by atoms with Crippen molar-refractivity contribution in [3.8, 4) is 0 Å². The van der Waals surface area contributed by atoms with Crippen LogP contribution >= 0.6 is 15.9 Å². The number of fused-ring (bicyclic) bond motifs is 3. The second kappa shape index (κ2) is 5.91. The fraction of sp³-hybridized carbons (Fsp3) is 0.158. The molecule has 1 aromatic heterocycles. The summed E-state index contributed by atoms with van der Waals surface area (Å²) in [7, 11) is 0. The highest BCUT2D eigenvalue weighted by molar-refractivity contribution is 9.10. The van der Waals surface area contributed by atoms with Crippen LogP contribution < -0.4 is 10.9 Å². The minimum Gasteiger partial charge on any atom is -0.322 e. The summed E-state index contributed by atoms with van der Waals surface area (Å²) in [6.07, 6.45) is 2.82. The van der Waals surface area contributed by atoms with Gasteiger partial charge in [-0.25, -0.2) is 0 Å². The molecule has 0 unspecified atom stereocenters. The average Bonchev–Trinajstić information content (AvgIpc) is 3.06. The van der Waals surface area contributed by atoms with Crippen LogP contribution in [0.1, 0.15) is 27.9 Å². The highest BCUT2D eigenvalue weighted by atomic mass is 79.9. The second-order valence-corrected chi connectivity index (χ2v) is 6.90. The van der Waals surface area contributed by atoms with Gasteiger partial charge in [-0.2, -0.15) is 0 Å². The number of carbonyl (C=O) groups is 1. The van der Waals surface area contributed by atoms with Gasteiger partial charge >= 0.3 is 0 Å². The number of anilines is 1. The summed E-state index contributed by atoms with van der Waals surface area (Å²) >= 11 is 3.35. The predicted octanol–water partition coefficient (Wildman–Crippen LogP) is 4.03. The summed E-state index contributed by atoms with van der Waals surface area (Å²) in [5.41, 5.74) is 4.08. The molecule has 0 aliphatic heterocycles. The van der Waals surface area contributed by atoms with Gasteiger partial charge in [0.15, 0.2) is 0 Å². The van der Waals surface area contributed by atoms with E-state index in [4.69, 9.17) is 0 Å². The summed E-state index contributed by atoms with van der Waals surface area (Å²) in [6.45, 7) is 0. The van der Waals surface area contributed by atoms with Gasteiger partial charge in [0.2, 0.25) is 0 Å². The highest BCUT2D eigenvalue weighted by Gasteiger charge is 2.18. The lowest BCUT2D eigenvalue weighted by Gasteiger charge is -2.09. The molecule has 0 bridgehead atoms. The maximum atomic E-state index is 12.3. The van der Waals surface area contributed by atoms with Crippen LogP contribution in [0.2, 0.25) is 0 Å². The van der Waals surface area contributed by atoms with Crippen LogP contribution in [0.4, 0.5) is 5.69 Å². The fourth-order valence-electron chi connectivity index (χ4n) is 3.28. The number of benzene rings is 2. The van der Waals surface area contributed by atoms with Crippen molar-refractivity contribution in [2.45, 2.75) is 19.3 Å². The molecule has 120 valence electrons. The maximum Gasteiger partial charge on any atom is 0.255 e. The third-order valence-electron chi connectivity index (χ3n) is 4.45. The normalized spacial score (nSPS) is 13.0. The van der Waals surface area contributed by atoms with Crippen molar-refractivity contribution in [1.29, 1.82) is 0 Å². The van der Waals surface area contributed by atoms with Gasteiger partial charge in [-0.1, -0.05) is 22.0 Å². The largest absolute Gasteiger partial charge is 0.322 e. The number of hydrogen-bond donors (Lipinski definition) is 2. The maximum absolute atomic E-state index is 12.3. The molecule has 1 heterocycles. The van der Waals surface area contributed by atoms with Crippen LogP contribution in [0.3, 0.4) is 0 Å². The highest BCUT2D eigenvalue weighted by Crippen LogP contribution is 2.27. The van der Waals surface area contributed by atoms with Crippen LogP contribution in [-0.4, -0.2) is 10.9 Å². The van der Waals surface area contributed by atoms with Crippen LogP contribution in [0.5, 0.6) is 0 Å². The number of halogens is 1. The fourth-order valence-corrected chi connectivity index (χ4v) is 3.55.